The average molecular weight is 472 g/mol. The standard InChI is InChI=1S/C23H33N7O2S/c1-18(25-2)21(16-24)17-29-12-14-30(15-13-29)23-22(26-10-11-27-23)20-6-4-19(5-7-20)8-9-28-33(3,31)32/h4-7,10-11,16,28H,8-9,12-15,17,24H2,1-3H3. The monoisotopic (exact) mass is 471 g/mol. The number of benzene rings is 1. The van der Waals surface area contributed by atoms with E-state index in [-0.39, 0.29) is 0 Å². The molecule has 2 aromatic rings. The van der Waals surface area contributed by atoms with E-state index in [1.54, 1.807) is 25.6 Å². The Morgan fingerprint density at radius 3 is 2.42 bits per heavy atom. The molecule has 1 saturated heterocycles. The van der Waals surface area contributed by atoms with Crippen LogP contribution in [0.1, 0.15) is 12.5 Å². The Balaban J connectivity index is 1.65. The van der Waals surface area contributed by atoms with Gasteiger partial charge in [0, 0.05) is 81.8 Å². The zero-order chi connectivity index (χ0) is 23.8. The number of anilines is 1. The number of nitrogens with two attached hydrogens (primary N) is 1. The first-order chi connectivity index (χ1) is 15.8. The summed E-state index contributed by atoms with van der Waals surface area (Å²) < 4.78 is 25.0. The van der Waals surface area contributed by atoms with Crippen LogP contribution in [0.25, 0.3) is 11.3 Å². The van der Waals surface area contributed by atoms with E-state index >= 15 is 0 Å². The van der Waals surface area contributed by atoms with Gasteiger partial charge in [-0.15, -0.1) is 0 Å². The summed E-state index contributed by atoms with van der Waals surface area (Å²) in [4.78, 5) is 18.1. The predicted molar refractivity (Wildman–Crippen MR) is 134 cm³/mol. The summed E-state index contributed by atoms with van der Waals surface area (Å²) in [6.07, 6.45) is 6.89. The Kier molecular flexibility index (Phi) is 8.54. The van der Waals surface area contributed by atoms with Gasteiger partial charge in [0.25, 0.3) is 0 Å². The number of aliphatic imine (C=N–C) groups is 1. The van der Waals surface area contributed by atoms with Crippen molar-refractivity contribution in [3.8, 4) is 11.3 Å². The number of nitrogens with one attached hydrogen (secondary N) is 1. The molecule has 0 bridgehead atoms. The Hall–Kier alpha value is -2.82. The maximum Gasteiger partial charge on any atom is 0.208 e. The van der Waals surface area contributed by atoms with Gasteiger partial charge in [0.05, 0.1) is 6.26 Å². The van der Waals surface area contributed by atoms with E-state index in [2.05, 4.69) is 29.5 Å². The highest BCUT2D eigenvalue weighted by Gasteiger charge is 2.22. The lowest BCUT2D eigenvalue weighted by atomic mass is 10.1. The highest BCUT2D eigenvalue weighted by atomic mass is 32.2. The summed E-state index contributed by atoms with van der Waals surface area (Å²) in [6, 6.07) is 8.05. The number of aromatic nitrogens is 2. The number of sulfonamides is 1. The van der Waals surface area contributed by atoms with Crippen LogP contribution in [0.5, 0.6) is 0 Å². The maximum absolute atomic E-state index is 11.2. The van der Waals surface area contributed by atoms with Gasteiger partial charge in [0.1, 0.15) is 5.69 Å². The minimum absolute atomic E-state index is 0.379. The van der Waals surface area contributed by atoms with E-state index in [9.17, 15) is 8.42 Å². The molecule has 1 fully saturated rings. The third-order valence-corrected chi connectivity index (χ3v) is 6.48. The van der Waals surface area contributed by atoms with Crippen molar-refractivity contribution in [2.75, 3.05) is 57.5 Å². The first-order valence-electron chi connectivity index (χ1n) is 11.0. The molecule has 0 atom stereocenters. The van der Waals surface area contributed by atoms with Gasteiger partial charge in [-0.2, -0.15) is 0 Å². The molecule has 0 aliphatic carbocycles. The Labute approximate surface area is 196 Å². The lowest BCUT2D eigenvalue weighted by Crippen LogP contribution is -2.47. The van der Waals surface area contributed by atoms with Gasteiger partial charge in [-0.1, -0.05) is 24.3 Å². The van der Waals surface area contributed by atoms with Gasteiger partial charge >= 0.3 is 0 Å². The predicted octanol–water partition coefficient (Wildman–Crippen LogP) is 1.29. The number of piperazine rings is 1. The van der Waals surface area contributed by atoms with Gasteiger partial charge in [0.15, 0.2) is 5.82 Å². The lowest BCUT2D eigenvalue weighted by Gasteiger charge is -2.36. The van der Waals surface area contributed by atoms with E-state index in [0.29, 0.717) is 13.0 Å². The Morgan fingerprint density at radius 2 is 1.82 bits per heavy atom. The van der Waals surface area contributed by atoms with Gasteiger partial charge in [-0.25, -0.2) is 18.1 Å². The topological polar surface area (TPSA) is 117 Å². The molecule has 0 saturated carbocycles. The third kappa shape index (κ3) is 7.08. The fraction of sp³-hybridized carbons (Fsp3) is 0.435. The molecule has 0 unspecified atom stereocenters. The van der Waals surface area contributed by atoms with Crippen LogP contribution >= 0.6 is 0 Å². The minimum Gasteiger partial charge on any atom is -0.404 e. The van der Waals surface area contributed by atoms with Crippen molar-refractivity contribution in [1.29, 1.82) is 0 Å². The summed E-state index contributed by atoms with van der Waals surface area (Å²) in [6.45, 7) is 6.64. The normalized spacial score (nSPS) is 16.3. The molecule has 10 heteroatoms. The van der Waals surface area contributed by atoms with E-state index in [4.69, 9.17) is 5.73 Å². The molecule has 33 heavy (non-hydrogen) atoms. The minimum atomic E-state index is -3.17. The molecule has 1 aromatic heterocycles. The van der Waals surface area contributed by atoms with Crippen LogP contribution < -0.4 is 15.4 Å². The Morgan fingerprint density at radius 1 is 1.15 bits per heavy atom. The summed E-state index contributed by atoms with van der Waals surface area (Å²) in [5, 5.41) is 0. The molecule has 1 aliphatic rings. The zero-order valence-electron chi connectivity index (χ0n) is 19.5. The zero-order valence-corrected chi connectivity index (χ0v) is 20.3. The van der Waals surface area contributed by atoms with Crippen molar-refractivity contribution < 1.29 is 8.42 Å². The molecule has 3 rings (SSSR count). The summed E-state index contributed by atoms with van der Waals surface area (Å²) in [5.41, 5.74) is 10.7. The van der Waals surface area contributed by atoms with E-state index in [0.717, 1.165) is 66.6 Å². The molecule has 3 N–H and O–H groups in total. The van der Waals surface area contributed by atoms with Crippen molar-refractivity contribution in [2.24, 2.45) is 10.7 Å². The number of nitrogens with zero attached hydrogens (tertiary/aromatic N) is 5. The van der Waals surface area contributed by atoms with Crippen LogP contribution in [0.15, 0.2) is 53.4 Å². The second-order valence-corrected chi connectivity index (χ2v) is 9.94. The summed E-state index contributed by atoms with van der Waals surface area (Å²) >= 11 is 0. The van der Waals surface area contributed by atoms with Gasteiger partial charge in [-0.3, -0.25) is 14.9 Å². The second-order valence-electron chi connectivity index (χ2n) is 8.11. The highest BCUT2D eigenvalue weighted by Crippen LogP contribution is 2.27. The van der Waals surface area contributed by atoms with Gasteiger partial charge in [-0.05, 0) is 18.9 Å². The highest BCUT2D eigenvalue weighted by molar-refractivity contribution is 7.88. The summed E-state index contributed by atoms with van der Waals surface area (Å²) in [7, 11) is -1.39. The molecule has 1 aromatic carbocycles. The van der Waals surface area contributed by atoms with Gasteiger partial charge in [0.2, 0.25) is 10.0 Å². The van der Waals surface area contributed by atoms with Crippen LogP contribution in [-0.2, 0) is 16.4 Å². The van der Waals surface area contributed by atoms with Crippen molar-refractivity contribution in [3.05, 3.63) is 54.0 Å². The molecule has 178 valence electrons. The van der Waals surface area contributed by atoms with Gasteiger partial charge < -0.3 is 10.6 Å². The third-order valence-electron chi connectivity index (χ3n) is 5.75. The van der Waals surface area contributed by atoms with Crippen molar-refractivity contribution in [3.63, 3.8) is 0 Å². The second kappa shape index (κ2) is 11.4. The quantitative estimate of drug-likeness (QED) is 0.529. The number of hydrogen-bond donors (Lipinski definition) is 2. The largest absolute Gasteiger partial charge is 0.404 e. The molecule has 0 amide bonds. The average Bonchev–Trinajstić information content (AvgIpc) is 2.82. The van der Waals surface area contributed by atoms with Crippen LogP contribution in [-0.4, -0.2) is 81.6 Å². The summed E-state index contributed by atoms with van der Waals surface area (Å²) in [5.74, 6) is 0.879. The first kappa shape index (κ1) is 24.8. The van der Waals surface area contributed by atoms with Crippen LogP contribution in [0.2, 0.25) is 0 Å². The maximum atomic E-state index is 11.2. The smallest absolute Gasteiger partial charge is 0.208 e. The first-order valence-corrected chi connectivity index (χ1v) is 12.9. The fourth-order valence-corrected chi connectivity index (χ4v) is 4.24. The van der Waals surface area contributed by atoms with Crippen LogP contribution in [0, 0.1) is 0 Å². The fourth-order valence-electron chi connectivity index (χ4n) is 3.77. The van der Waals surface area contributed by atoms with Crippen molar-refractivity contribution >= 4 is 21.6 Å². The number of rotatable bonds is 9. The van der Waals surface area contributed by atoms with E-state index in [1.807, 2.05) is 31.2 Å². The molecular formula is C23H33N7O2S. The van der Waals surface area contributed by atoms with E-state index < -0.39 is 10.0 Å². The van der Waals surface area contributed by atoms with E-state index in [1.165, 1.54) is 6.26 Å². The lowest BCUT2D eigenvalue weighted by molar-refractivity contribution is 0.280. The molecule has 1 aliphatic heterocycles. The number of hydrogen-bond acceptors (Lipinski definition) is 8. The Bertz CT molecular complexity index is 1090. The van der Waals surface area contributed by atoms with Crippen LogP contribution in [0.3, 0.4) is 0 Å². The van der Waals surface area contributed by atoms with Crippen molar-refractivity contribution in [1.82, 2.24) is 19.6 Å². The molecule has 9 nitrogen and oxygen atoms in total. The molecule has 2 heterocycles. The van der Waals surface area contributed by atoms with Crippen LogP contribution in [0.4, 0.5) is 5.82 Å². The molecule has 0 spiro atoms. The SMILES string of the molecule is CN=C(C)C(=CN)CN1CCN(c2nccnc2-c2ccc(CCNS(C)(=O)=O)cc2)CC1. The molecular weight excluding hydrogens is 438 g/mol. The van der Waals surface area contributed by atoms with Crippen molar-refractivity contribution in [2.45, 2.75) is 13.3 Å². The molecule has 0 radical (unpaired) electrons.